The molecule has 0 atom stereocenters. The van der Waals surface area contributed by atoms with E-state index in [4.69, 9.17) is 0 Å². The number of nitrogens with one attached hydrogen (secondary N) is 1. The Bertz CT molecular complexity index is 605. The van der Waals surface area contributed by atoms with Gasteiger partial charge in [0.15, 0.2) is 0 Å². The molecule has 0 saturated carbocycles. The molecule has 0 bridgehead atoms. The summed E-state index contributed by atoms with van der Waals surface area (Å²) in [5.74, 6) is -4.01. The van der Waals surface area contributed by atoms with Crippen LogP contribution < -0.4 is 5.32 Å². The SMILES string of the molecule is O=C(Nc1ccc(SC(F)F)cc1)c1cccnc1F. The van der Waals surface area contributed by atoms with Gasteiger partial charge in [0.05, 0.1) is 5.56 Å². The average molecular weight is 298 g/mol. The van der Waals surface area contributed by atoms with Crippen molar-refractivity contribution in [3.8, 4) is 0 Å². The average Bonchev–Trinajstić information content (AvgIpc) is 2.41. The number of carbonyl (C=O) groups excluding carboxylic acids is 1. The highest BCUT2D eigenvalue weighted by Crippen LogP contribution is 2.26. The third kappa shape index (κ3) is 3.74. The zero-order chi connectivity index (χ0) is 14.5. The van der Waals surface area contributed by atoms with Gasteiger partial charge in [-0.25, -0.2) is 4.98 Å². The highest BCUT2D eigenvalue weighted by Gasteiger charge is 2.12. The molecule has 2 aromatic rings. The Balaban J connectivity index is 2.07. The van der Waals surface area contributed by atoms with Crippen LogP contribution in [0.25, 0.3) is 0 Å². The van der Waals surface area contributed by atoms with Gasteiger partial charge in [0, 0.05) is 16.8 Å². The van der Waals surface area contributed by atoms with Gasteiger partial charge >= 0.3 is 0 Å². The van der Waals surface area contributed by atoms with E-state index >= 15 is 0 Å². The van der Waals surface area contributed by atoms with Crippen LogP contribution in [0.1, 0.15) is 10.4 Å². The smallest absolute Gasteiger partial charge is 0.288 e. The quantitative estimate of drug-likeness (QED) is 0.690. The molecule has 0 saturated heterocycles. The minimum absolute atomic E-state index is 0.182. The van der Waals surface area contributed by atoms with Crippen molar-refractivity contribution in [3.63, 3.8) is 0 Å². The zero-order valence-corrected chi connectivity index (χ0v) is 10.8. The monoisotopic (exact) mass is 298 g/mol. The molecule has 3 nitrogen and oxygen atoms in total. The molecule has 1 aromatic carbocycles. The lowest BCUT2D eigenvalue weighted by molar-refractivity contribution is 0.102. The van der Waals surface area contributed by atoms with Crippen molar-refractivity contribution in [2.24, 2.45) is 0 Å². The van der Waals surface area contributed by atoms with Gasteiger partial charge in [0.2, 0.25) is 5.95 Å². The van der Waals surface area contributed by atoms with Gasteiger partial charge in [-0.3, -0.25) is 4.79 Å². The van der Waals surface area contributed by atoms with Gasteiger partial charge in [-0.2, -0.15) is 13.2 Å². The molecule has 2 rings (SSSR count). The number of benzene rings is 1. The number of carbonyl (C=O) groups is 1. The molecule has 1 N–H and O–H groups in total. The van der Waals surface area contributed by atoms with Crippen LogP contribution in [0.2, 0.25) is 0 Å². The van der Waals surface area contributed by atoms with Crippen LogP contribution in [-0.2, 0) is 0 Å². The molecular formula is C13H9F3N2OS. The minimum Gasteiger partial charge on any atom is -0.322 e. The van der Waals surface area contributed by atoms with Crippen molar-refractivity contribution in [2.75, 3.05) is 5.32 Å². The number of pyridine rings is 1. The molecule has 104 valence electrons. The second kappa shape index (κ2) is 6.42. The van der Waals surface area contributed by atoms with Gasteiger partial charge in [-0.15, -0.1) is 0 Å². The first-order valence-electron chi connectivity index (χ1n) is 5.53. The molecule has 7 heteroatoms. The Kier molecular flexibility index (Phi) is 4.62. The minimum atomic E-state index is -2.50. The number of hydrogen-bond donors (Lipinski definition) is 1. The fourth-order valence-electron chi connectivity index (χ4n) is 1.47. The Labute approximate surface area is 117 Å². The fourth-order valence-corrected chi connectivity index (χ4v) is 1.97. The number of rotatable bonds is 4. The third-order valence-corrected chi connectivity index (χ3v) is 3.06. The van der Waals surface area contributed by atoms with Gasteiger partial charge < -0.3 is 5.32 Å². The molecule has 0 aliphatic heterocycles. The van der Waals surface area contributed by atoms with Crippen LogP contribution >= 0.6 is 11.8 Å². The van der Waals surface area contributed by atoms with Crippen molar-refractivity contribution in [1.29, 1.82) is 0 Å². The number of amides is 1. The molecule has 0 radical (unpaired) electrons. The molecule has 20 heavy (non-hydrogen) atoms. The number of nitrogens with zero attached hydrogens (tertiary/aromatic N) is 1. The molecule has 0 fully saturated rings. The lowest BCUT2D eigenvalue weighted by Gasteiger charge is -2.06. The van der Waals surface area contributed by atoms with E-state index in [1.54, 1.807) is 0 Å². The molecule has 1 aromatic heterocycles. The number of aromatic nitrogens is 1. The summed E-state index contributed by atoms with van der Waals surface area (Å²) in [5.41, 5.74) is 0.204. The van der Waals surface area contributed by atoms with Crippen molar-refractivity contribution in [1.82, 2.24) is 4.98 Å². The molecule has 0 unspecified atom stereocenters. The van der Waals surface area contributed by atoms with E-state index in [0.717, 1.165) is 0 Å². The van der Waals surface area contributed by atoms with Crippen LogP contribution in [0.15, 0.2) is 47.5 Å². The number of alkyl halides is 2. The maximum absolute atomic E-state index is 13.3. The predicted octanol–water partition coefficient (Wildman–Crippen LogP) is 3.79. The molecule has 0 aliphatic rings. The van der Waals surface area contributed by atoms with Crippen molar-refractivity contribution < 1.29 is 18.0 Å². The normalized spacial score (nSPS) is 10.6. The van der Waals surface area contributed by atoms with Gasteiger partial charge in [-0.05, 0) is 36.4 Å². The largest absolute Gasteiger partial charge is 0.322 e. The Morgan fingerprint density at radius 3 is 2.50 bits per heavy atom. The van der Waals surface area contributed by atoms with E-state index in [-0.39, 0.29) is 5.56 Å². The molecule has 0 aliphatic carbocycles. The standard InChI is InChI=1S/C13H9F3N2OS/c14-11-10(2-1-7-17-11)12(19)18-8-3-5-9(6-4-8)20-13(15)16/h1-7,13H,(H,18,19). The Morgan fingerprint density at radius 2 is 1.90 bits per heavy atom. The zero-order valence-electron chi connectivity index (χ0n) is 10.0. The van der Waals surface area contributed by atoms with Gasteiger partial charge in [-0.1, -0.05) is 11.8 Å². The highest BCUT2D eigenvalue weighted by molar-refractivity contribution is 7.99. The topological polar surface area (TPSA) is 42.0 Å². The van der Waals surface area contributed by atoms with Crippen LogP contribution in [0.5, 0.6) is 0 Å². The molecule has 1 amide bonds. The summed E-state index contributed by atoms with van der Waals surface area (Å²) in [6, 6.07) is 8.59. The van der Waals surface area contributed by atoms with Crippen molar-refractivity contribution in [2.45, 2.75) is 10.7 Å². The van der Waals surface area contributed by atoms with Crippen LogP contribution in [0.3, 0.4) is 0 Å². The lowest BCUT2D eigenvalue weighted by atomic mass is 10.2. The Morgan fingerprint density at radius 1 is 1.20 bits per heavy atom. The van der Waals surface area contributed by atoms with Crippen LogP contribution in [-0.4, -0.2) is 16.6 Å². The van der Waals surface area contributed by atoms with Crippen molar-refractivity contribution >= 4 is 23.4 Å². The van der Waals surface area contributed by atoms with E-state index in [9.17, 15) is 18.0 Å². The summed E-state index contributed by atoms with van der Waals surface area (Å²) in [7, 11) is 0. The van der Waals surface area contributed by atoms with Gasteiger partial charge in [0.25, 0.3) is 11.7 Å². The lowest BCUT2D eigenvalue weighted by Crippen LogP contribution is -2.14. The van der Waals surface area contributed by atoms with Crippen LogP contribution in [0.4, 0.5) is 18.9 Å². The number of hydrogen-bond acceptors (Lipinski definition) is 3. The summed E-state index contributed by atoms with van der Waals surface area (Å²) < 4.78 is 37.6. The van der Waals surface area contributed by atoms with E-state index in [1.807, 2.05) is 0 Å². The summed E-state index contributed by atoms with van der Waals surface area (Å²) in [6.45, 7) is 0. The van der Waals surface area contributed by atoms with E-state index in [2.05, 4.69) is 10.3 Å². The maximum atomic E-state index is 13.3. The van der Waals surface area contributed by atoms with E-state index < -0.39 is 17.6 Å². The summed E-state index contributed by atoms with van der Waals surface area (Å²) in [5, 5.41) is 2.46. The number of anilines is 1. The summed E-state index contributed by atoms with van der Waals surface area (Å²) in [4.78, 5) is 15.5. The molecular weight excluding hydrogens is 289 g/mol. The second-order valence-electron chi connectivity index (χ2n) is 3.70. The first-order chi connectivity index (χ1) is 9.56. The summed E-state index contributed by atoms with van der Waals surface area (Å²) in [6.07, 6.45) is 1.24. The highest BCUT2D eigenvalue weighted by atomic mass is 32.2. The fraction of sp³-hybridized carbons (Fsp3) is 0.0769. The molecule has 0 spiro atoms. The first-order valence-corrected chi connectivity index (χ1v) is 6.41. The second-order valence-corrected chi connectivity index (χ2v) is 4.76. The maximum Gasteiger partial charge on any atom is 0.288 e. The number of halogens is 3. The van der Waals surface area contributed by atoms with E-state index in [0.29, 0.717) is 22.3 Å². The van der Waals surface area contributed by atoms with Crippen LogP contribution in [0, 0.1) is 5.95 Å². The summed E-state index contributed by atoms with van der Waals surface area (Å²) >= 11 is 0.409. The third-order valence-electron chi connectivity index (χ3n) is 2.34. The number of thioether (sulfide) groups is 1. The van der Waals surface area contributed by atoms with E-state index in [1.165, 1.54) is 42.6 Å². The van der Waals surface area contributed by atoms with Gasteiger partial charge in [0.1, 0.15) is 0 Å². The Hall–Kier alpha value is -2.02. The first kappa shape index (κ1) is 14.4. The van der Waals surface area contributed by atoms with Crippen molar-refractivity contribution in [3.05, 3.63) is 54.1 Å². The molecule has 1 heterocycles. The predicted molar refractivity (Wildman–Crippen MR) is 70.5 cm³/mol.